The minimum Gasteiger partial charge on any atom is -0.383 e. The van der Waals surface area contributed by atoms with Crippen molar-refractivity contribution in [3.05, 3.63) is 65.5 Å². The predicted molar refractivity (Wildman–Crippen MR) is 118 cm³/mol. The maximum atomic E-state index is 15.0. The van der Waals surface area contributed by atoms with Gasteiger partial charge in [-0.1, -0.05) is 6.07 Å². The number of aliphatic hydroxyl groups excluding tert-OH is 1. The van der Waals surface area contributed by atoms with Gasteiger partial charge in [0, 0.05) is 37.1 Å². The highest BCUT2D eigenvalue weighted by Crippen LogP contribution is 2.33. The molecule has 176 valence electrons. The van der Waals surface area contributed by atoms with Crippen LogP contribution in [-0.2, 0) is 4.79 Å². The Hall–Kier alpha value is -3.46. The molecule has 9 heteroatoms. The molecule has 1 saturated carbocycles. The first-order valence-corrected chi connectivity index (χ1v) is 11.1. The van der Waals surface area contributed by atoms with E-state index in [2.05, 4.69) is 4.98 Å². The Morgan fingerprint density at radius 2 is 1.62 bits per heavy atom. The molecule has 1 saturated heterocycles. The molecule has 2 amide bonds. The molecule has 1 atom stereocenters. The minimum atomic E-state index is -1.27. The van der Waals surface area contributed by atoms with E-state index in [9.17, 15) is 27.9 Å². The number of aliphatic hydroxyl groups is 1. The fraction of sp³-hybridized carbons (Fsp3) is 0.320. The number of hydrogen-bond acceptors (Lipinski definition) is 4. The number of halogens is 3. The molecule has 0 bridgehead atoms. The molecule has 1 aromatic heterocycles. The van der Waals surface area contributed by atoms with Gasteiger partial charge in [-0.05, 0) is 55.2 Å². The van der Waals surface area contributed by atoms with Crippen LogP contribution in [0.5, 0.6) is 0 Å². The van der Waals surface area contributed by atoms with E-state index >= 15 is 0 Å². The number of piperazine rings is 1. The monoisotopic (exact) mass is 469 g/mol. The summed E-state index contributed by atoms with van der Waals surface area (Å²) in [6, 6.07) is 9.54. The second kappa shape index (κ2) is 8.72. The Kier molecular flexibility index (Phi) is 5.73. The Bertz CT molecular complexity index is 1290. The number of benzene rings is 2. The quantitative estimate of drug-likeness (QED) is 0.636. The summed E-state index contributed by atoms with van der Waals surface area (Å²) in [4.78, 5) is 32.4. The SMILES string of the molecule is O=C(c1ccc(-c2ccc3cc(F)ccc3n2)c(F)c1F)N1CCN(C(=O)C(O)C2CC2)CC1. The lowest BCUT2D eigenvalue weighted by Crippen LogP contribution is -2.53. The van der Waals surface area contributed by atoms with Crippen molar-refractivity contribution < 1.29 is 27.9 Å². The predicted octanol–water partition coefficient (Wildman–Crippen LogP) is 3.37. The molecule has 1 aliphatic heterocycles. The average molecular weight is 469 g/mol. The lowest BCUT2D eigenvalue weighted by atomic mass is 10.0. The third-order valence-electron chi connectivity index (χ3n) is 6.44. The van der Waals surface area contributed by atoms with Gasteiger partial charge in [0.05, 0.1) is 16.8 Å². The van der Waals surface area contributed by atoms with E-state index in [0.29, 0.717) is 10.9 Å². The summed E-state index contributed by atoms with van der Waals surface area (Å²) in [6.07, 6.45) is 0.656. The highest BCUT2D eigenvalue weighted by atomic mass is 19.2. The summed E-state index contributed by atoms with van der Waals surface area (Å²) in [5.41, 5.74) is 0.0839. The number of aromatic nitrogens is 1. The van der Waals surface area contributed by atoms with Crippen molar-refractivity contribution >= 4 is 22.7 Å². The van der Waals surface area contributed by atoms with Crippen LogP contribution in [0.1, 0.15) is 23.2 Å². The lowest BCUT2D eigenvalue weighted by molar-refractivity contribution is -0.142. The maximum absolute atomic E-state index is 15.0. The van der Waals surface area contributed by atoms with Crippen LogP contribution in [0.2, 0.25) is 0 Å². The fourth-order valence-corrected chi connectivity index (χ4v) is 4.26. The fourth-order valence-electron chi connectivity index (χ4n) is 4.26. The van der Waals surface area contributed by atoms with Crippen LogP contribution in [0.25, 0.3) is 22.2 Å². The van der Waals surface area contributed by atoms with Gasteiger partial charge >= 0.3 is 0 Å². The maximum Gasteiger partial charge on any atom is 0.257 e. The number of carbonyl (C=O) groups is 2. The summed E-state index contributed by atoms with van der Waals surface area (Å²) in [6.45, 7) is 0.761. The van der Waals surface area contributed by atoms with Crippen molar-refractivity contribution in [2.24, 2.45) is 5.92 Å². The van der Waals surface area contributed by atoms with Crippen LogP contribution in [0.15, 0.2) is 42.5 Å². The Balaban J connectivity index is 1.32. The van der Waals surface area contributed by atoms with E-state index in [1.54, 1.807) is 6.07 Å². The van der Waals surface area contributed by atoms with Gasteiger partial charge in [-0.3, -0.25) is 9.59 Å². The molecule has 1 N–H and O–H groups in total. The van der Waals surface area contributed by atoms with Crippen LogP contribution < -0.4 is 0 Å². The Morgan fingerprint density at radius 3 is 2.32 bits per heavy atom. The molecule has 2 aliphatic rings. The van der Waals surface area contributed by atoms with E-state index in [4.69, 9.17) is 0 Å². The molecular formula is C25H22F3N3O3. The van der Waals surface area contributed by atoms with Crippen molar-refractivity contribution in [2.45, 2.75) is 18.9 Å². The zero-order chi connectivity index (χ0) is 24.0. The molecule has 1 unspecified atom stereocenters. The van der Waals surface area contributed by atoms with Gasteiger partial charge < -0.3 is 14.9 Å². The largest absolute Gasteiger partial charge is 0.383 e. The minimum absolute atomic E-state index is 0.0148. The molecule has 1 aliphatic carbocycles. The molecule has 0 spiro atoms. The topological polar surface area (TPSA) is 73.7 Å². The van der Waals surface area contributed by atoms with Gasteiger partial charge in [-0.15, -0.1) is 0 Å². The van der Waals surface area contributed by atoms with Gasteiger partial charge in [0.15, 0.2) is 11.6 Å². The third kappa shape index (κ3) is 4.11. The lowest BCUT2D eigenvalue weighted by Gasteiger charge is -2.35. The Morgan fingerprint density at radius 1 is 0.912 bits per heavy atom. The van der Waals surface area contributed by atoms with Crippen molar-refractivity contribution in [1.82, 2.24) is 14.8 Å². The van der Waals surface area contributed by atoms with Crippen molar-refractivity contribution in [1.29, 1.82) is 0 Å². The molecule has 0 radical (unpaired) electrons. The van der Waals surface area contributed by atoms with Gasteiger partial charge in [0.1, 0.15) is 11.9 Å². The number of nitrogens with zero attached hydrogens (tertiary/aromatic N) is 3. The zero-order valence-corrected chi connectivity index (χ0v) is 18.2. The van der Waals surface area contributed by atoms with Crippen molar-refractivity contribution in [2.75, 3.05) is 26.2 Å². The van der Waals surface area contributed by atoms with Crippen LogP contribution in [0.4, 0.5) is 13.2 Å². The van der Waals surface area contributed by atoms with E-state index < -0.39 is 35.0 Å². The summed E-state index contributed by atoms with van der Waals surface area (Å²) in [7, 11) is 0. The van der Waals surface area contributed by atoms with Gasteiger partial charge in [0.2, 0.25) is 0 Å². The number of carbonyl (C=O) groups excluding carboxylic acids is 2. The average Bonchev–Trinajstić information content (AvgIpc) is 3.70. The van der Waals surface area contributed by atoms with Crippen LogP contribution in [0.3, 0.4) is 0 Å². The molecule has 2 aromatic carbocycles. The number of rotatable bonds is 4. The van der Waals surface area contributed by atoms with E-state index in [1.165, 1.54) is 46.2 Å². The molecule has 6 nitrogen and oxygen atoms in total. The smallest absolute Gasteiger partial charge is 0.257 e. The highest BCUT2D eigenvalue weighted by Gasteiger charge is 2.38. The molecular weight excluding hydrogens is 447 g/mol. The van der Waals surface area contributed by atoms with Crippen molar-refractivity contribution in [3.8, 4) is 11.3 Å². The van der Waals surface area contributed by atoms with Crippen molar-refractivity contribution in [3.63, 3.8) is 0 Å². The summed E-state index contributed by atoms with van der Waals surface area (Å²) >= 11 is 0. The van der Waals surface area contributed by atoms with E-state index in [-0.39, 0.29) is 49.3 Å². The Labute approximate surface area is 193 Å². The molecule has 5 rings (SSSR count). The normalized spacial score (nSPS) is 17.2. The number of amides is 2. The molecule has 34 heavy (non-hydrogen) atoms. The van der Waals surface area contributed by atoms with Gasteiger partial charge in [-0.2, -0.15) is 0 Å². The van der Waals surface area contributed by atoms with E-state index in [1.807, 2.05) is 0 Å². The highest BCUT2D eigenvalue weighted by molar-refractivity contribution is 5.95. The van der Waals surface area contributed by atoms with Crippen LogP contribution in [-0.4, -0.2) is 64.0 Å². The van der Waals surface area contributed by atoms with Crippen LogP contribution in [0, 0.1) is 23.4 Å². The second-order valence-electron chi connectivity index (χ2n) is 8.72. The molecule has 2 fully saturated rings. The first kappa shape index (κ1) is 22.3. The first-order chi connectivity index (χ1) is 16.3. The molecule has 3 aromatic rings. The van der Waals surface area contributed by atoms with E-state index in [0.717, 1.165) is 12.8 Å². The third-order valence-corrected chi connectivity index (χ3v) is 6.44. The number of pyridine rings is 1. The van der Waals surface area contributed by atoms with Gasteiger partial charge in [-0.25, -0.2) is 18.2 Å². The number of hydrogen-bond donors (Lipinski definition) is 1. The second-order valence-corrected chi connectivity index (χ2v) is 8.72. The first-order valence-electron chi connectivity index (χ1n) is 11.1. The summed E-state index contributed by atoms with van der Waals surface area (Å²) < 4.78 is 43.3. The van der Waals surface area contributed by atoms with Crippen LogP contribution >= 0.6 is 0 Å². The molecule has 2 heterocycles. The standard InChI is InChI=1S/C25H22F3N3O3/c26-16-4-8-19-15(13-16)3-7-20(29-19)17-5-6-18(22(28)21(17)27)24(33)30-9-11-31(12-10-30)25(34)23(32)14-1-2-14/h3-8,13-14,23,32H,1-2,9-12H2. The summed E-state index contributed by atoms with van der Waals surface area (Å²) in [5, 5.41) is 10.6. The summed E-state index contributed by atoms with van der Waals surface area (Å²) in [5.74, 6) is -3.89. The number of fused-ring (bicyclic) bond motifs is 1. The zero-order valence-electron chi connectivity index (χ0n) is 18.2. The van der Waals surface area contributed by atoms with Gasteiger partial charge in [0.25, 0.3) is 11.8 Å².